The molecule has 10 heteroatoms. The number of hydrogen-bond donors (Lipinski definition) is 3. The van der Waals surface area contributed by atoms with Crippen LogP contribution in [0.5, 0.6) is 0 Å². The van der Waals surface area contributed by atoms with Crippen molar-refractivity contribution in [3.8, 4) is 0 Å². The van der Waals surface area contributed by atoms with Crippen molar-refractivity contribution in [2.24, 2.45) is 0 Å². The molecule has 3 rings (SSSR count). The maximum absolute atomic E-state index is 13.9. The van der Waals surface area contributed by atoms with Crippen molar-refractivity contribution in [3.05, 3.63) is 91.6 Å². The number of rotatable bonds is 14. The summed E-state index contributed by atoms with van der Waals surface area (Å²) in [4.78, 5) is 29.3. The standard InChI is InChI=1S/C30H36ClF2N3O3S/c1-4-8-36(9-5-2)30(39)22-11-19(3)10-21(15-22)29(38)35-26(14-20-12-23(32)16-24(33)13-20)27(37)18-34-17-25-6-7-28(31)40-25/h6-7,10-13,15-16,26-27,34,37H,4-5,8-9,14,17-18H2,1-3H3,(H,35,38)/t26-,27+/m0/s1. The van der Waals surface area contributed by atoms with Gasteiger partial charge in [0, 0.05) is 48.2 Å². The van der Waals surface area contributed by atoms with Crippen molar-refractivity contribution in [1.29, 1.82) is 0 Å². The lowest BCUT2D eigenvalue weighted by Gasteiger charge is -2.25. The van der Waals surface area contributed by atoms with Crippen molar-refractivity contribution >= 4 is 34.8 Å². The number of carbonyl (C=O) groups is 2. The lowest BCUT2D eigenvalue weighted by Crippen LogP contribution is -2.48. The molecule has 0 aliphatic rings. The molecule has 216 valence electrons. The molecule has 1 aromatic heterocycles. The molecular formula is C30H36ClF2N3O3S. The molecule has 0 aliphatic heterocycles. The molecule has 2 atom stereocenters. The van der Waals surface area contributed by atoms with Gasteiger partial charge in [-0.1, -0.05) is 25.4 Å². The summed E-state index contributed by atoms with van der Waals surface area (Å²) in [5, 5.41) is 17.0. The molecule has 0 radical (unpaired) electrons. The van der Waals surface area contributed by atoms with E-state index in [-0.39, 0.29) is 24.4 Å². The summed E-state index contributed by atoms with van der Waals surface area (Å²) in [6.45, 7) is 7.62. The van der Waals surface area contributed by atoms with Gasteiger partial charge in [-0.3, -0.25) is 9.59 Å². The maximum atomic E-state index is 13.9. The molecular weight excluding hydrogens is 556 g/mol. The highest BCUT2D eigenvalue weighted by Crippen LogP contribution is 2.21. The zero-order valence-corrected chi connectivity index (χ0v) is 24.5. The number of thiophene rings is 1. The molecule has 3 aromatic rings. The summed E-state index contributed by atoms with van der Waals surface area (Å²) >= 11 is 7.39. The maximum Gasteiger partial charge on any atom is 0.253 e. The lowest BCUT2D eigenvalue weighted by atomic mass is 9.99. The van der Waals surface area contributed by atoms with Gasteiger partial charge in [0.1, 0.15) is 11.6 Å². The van der Waals surface area contributed by atoms with Gasteiger partial charge in [0.15, 0.2) is 0 Å². The van der Waals surface area contributed by atoms with Crippen molar-refractivity contribution in [2.45, 2.75) is 58.7 Å². The molecule has 0 saturated carbocycles. The molecule has 1 heterocycles. The molecule has 0 aliphatic carbocycles. The van der Waals surface area contributed by atoms with E-state index in [1.807, 2.05) is 19.9 Å². The largest absolute Gasteiger partial charge is 0.390 e. The molecule has 2 aromatic carbocycles. The SMILES string of the molecule is CCCN(CCC)C(=O)c1cc(C)cc(C(=O)N[C@@H](Cc2cc(F)cc(F)c2)[C@H](O)CNCc2ccc(Cl)s2)c1. The van der Waals surface area contributed by atoms with Gasteiger partial charge in [0.2, 0.25) is 0 Å². The number of carbonyl (C=O) groups excluding carboxylic acids is 2. The first-order valence-corrected chi connectivity index (χ1v) is 14.6. The molecule has 3 N–H and O–H groups in total. The summed E-state index contributed by atoms with van der Waals surface area (Å²) in [5.41, 5.74) is 1.71. The van der Waals surface area contributed by atoms with Crippen molar-refractivity contribution in [1.82, 2.24) is 15.5 Å². The summed E-state index contributed by atoms with van der Waals surface area (Å²) in [5.74, 6) is -2.13. The average molecular weight is 592 g/mol. The van der Waals surface area contributed by atoms with Crippen molar-refractivity contribution in [3.63, 3.8) is 0 Å². The van der Waals surface area contributed by atoms with Crippen LogP contribution in [0.4, 0.5) is 8.78 Å². The van der Waals surface area contributed by atoms with Gasteiger partial charge in [0.25, 0.3) is 11.8 Å². The lowest BCUT2D eigenvalue weighted by molar-refractivity contribution is 0.0755. The van der Waals surface area contributed by atoms with E-state index >= 15 is 0 Å². The minimum absolute atomic E-state index is 0.00746. The molecule has 0 unspecified atom stereocenters. The van der Waals surface area contributed by atoms with Crippen molar-refractivity contribution in [2.75, 3.05) is 19.6 Å². The van der Waals surface area contributed by atoms with E-state index in [0.29, 0.717) is 35.1 Å². The first-order valence-electron chi connectivity index (χ1n) is 13.4. The third-order valence-corrected chi connectivity index (χ3v) is 7.53. The van der Waals surface area contributed by atoms with Crippen LogP contribution in [0, 0.1) is 18.6 Å². The Morgan fingerprint density at radius 1 is 1.00 bits per heavy atom. The number of halogens is 3. The Balaban J connectivity index is 1.80. The second-order valence-corrected chi connectivity index (χ2v) is 11.6. The van der Waals surface area contributed by atoms with Crippen molar-refractivity contribution < 1.29 is 23.5 Å². The van der Waals surface area contributed by atoms with Gasteiger partial charge in [-0.25, -0.2) is 8.78 Å². The van der Waals surface area contributed by atoms with Crippen LogP contribution >= 0.6 is 22.9 Å². The Kier molecular flexibility index (Phi) is 12.1. The van der Waals surface area contributed by atoms with E-state index < -0.39 is 29.7 Å². The number of nitrogens with zero attached hydrogens (tertiary/aromatic N) is 1. The third-order valence-electron chi connectivity index (χ3n) is 6.30. The number of aliphatic hydroxyl groups excluding tert-OH is 1. The third kappa shape index (κ3) is 9.37. The predicted octanol–water partition coefficient (Wildman–Crippen LogP) is 5.74. The number of amides is 2. The van der Waals surface area contributed by atoms with Gasteiger partial charge < -0.3 is 20.6 Å². The Labute approximate surface area is 243 Å². The summed E-state index contributed by atoms with van der Waals surface area (Å²) < 4.78 is 28.4. The minimum atomic E-state index is -1.08. The molecule has 2 amide bonds. The highest BCUT2D eigenvalue weighted by Gasteiger charge is 2.24. The van der Waals surface area contributed by atoms with Gasteiger partial charge in [-0.15, -0.1) is 11.3 Å². The van der Waals surface area contributed by atoms with Gasteiger partial charge in [0.05, 0.1) is 16.5 Å². The Morgan fingerprint density at radius 2 is 1.65 bits per heavy atom. The van der Waals surface area contributed by atoms with Crippen LogP contribution in [0.15, 0.2) is 48.5 Å². The zero-order valence-electron chi connectivity index (χ0n) is 23.0. The summed E-state index contributed by atoms with van der Waals surface area (Å²) in [6, 6.07) is 10.9. The molecule has 0 bridgehead atoms. The highest BCUT2D eigenvalue weighted by atomic mass is 35.5. The van der Waals surface area contributed by atoms with Crippen LogP contribution in [0.25, 0.3) is 0 Å². The fourth-order valence-electron chi connectivity index (χ4n) is 4.52. The number of aryl methyl sites for hydroxylation is 1. The first-order chi connectivity index (χ1) is 19.1. The van der Waals surface area contributed by atoms with Crippen LogP contribution in [0.1, 0.15) is 63.4 Å². The van der Waals surface area contributed by atoms with Crippen LogP contribution in [0.3, 0.4) is 0 Å². The van der Waals surface area contributed by atoms with Crippen LogP contribution < -0.4 is 10.6 Å². The second-order valence-electron chi connectivity index (χ2n) is 9.85. The highest BCUT2D eigenvalue weighted by molar-refractivity contribution is 7.16. The first kappa shape index (κ1) is 31.7. The molecule has 0 saturated heterocycles. The van der Waals surface area contributed by atoms with Gasteiger partial charge in [-0.2, -0.15) is 0 Å². The zero-order chi connectivity index (χ0) is 29.2. The van der Waals surface area contributed by atoms with Crippen LogP contribution in [-0.4, -0.2) is 53.6 Å². The smallest absolute Gasteiger partial charge is 0.253 e. The Hall–Kier alpha value is -2.85. The Morgan fingerprint density at radius 3 is 2.25 bits per heavy atom. The van der Waals surface area contributed by atoms with Crippen LogP contribution in [0.2, 0.25) is 4.34 Å². The Bertz CT molecular complexity index is 1280. The average Bonchev–Trinajstić information content (AvgIpc) is 3.31. The number of hydrogen-bond acceptors (Lipinski definition) is 5. The van der Waals surface area contributed by atoms with E-state index in [2.05, 4.69) is 10.6 Å². The van der Waals surface area contributed by atoms with E-state index in [0.717, 1.165) is 29.3 Å². The topological polar surface area (TPSA) is 81.7 Å². The number of nitrogens with one attached hydrogen (secondary N) is 2. The fraction of sp³-hybridized carbons (Fsp3) is 0.400. The molecule has 40 heavy (non-hydrogen) atoms. The number of aliphatic hydroxyl groups is 1. The second kappa shape index (κ2) is 15.2. The summed E-state index contributed by atoms with van der Waals surface area (Å²) in [6.07, 6.45) is 0.547. The fourth-order valence-corrected chi connectivity index (χ4v) is 5.58. The predicted molar refractivity (Wildman–Crippen MR) is 156 cm³/mol. The van der Waals surface area contributed by atoms with Gasteiger partial charge >= 0.3 is 0 Å². The van der Waals surface area contributed by atoms with E-state index in [1.165, 1.54) is 23.5 Å². The minimum Gasteiger partial charge on any atom is -0.390 e. The normalized spacial score (nSPS) is 12.7. The van der Waals surface area contributed by atoms with E-state index in [1.54, 1.807) is 36.1 Å². The monoisotopic (exact) mass is 591 g/mol. The summed E-state index contributed by atoms with van der Waals surface area (Å²) in [7, 11) is 0. The molecule has 0 fully saturated rings. The van der Waals surface area contributed by atoms with Crippen LogP contribution in [-0.2, 0) is 13.0 Å². The van der Waals surface area contributed by atoms with Gasteiger partial charge in [-0.05, 0) is 79.8 Å². The molecule has 6 nitrogen and oxygen atoms in total. The molecule has 0 spiro atoms. The van der Waals surface area contributed by atoms with E-state index in [9.17, 15) is 23.5 Å². The quantitative estimate of drug-likeness (QED) is 0.223. The number of benzene rings is 2. The van der Waals surface area contributed by atoms with E-state index in [4.69, 9.17) is 11.6 Å².